The molecule has 0 saturated heterocycles. The number of carbonyl (C=O) groups is 1. The zero-order valence-corrected chi connectivity index (χ0v) is 20.2. The van der Waals surface area contributed by atoms with E-state index in [1.54, 1.807) is 6.07 Å². The maximum atomic E-state index is 12.8. The SMILES string of the molecule is CCOc1ccc(-n2c(SCC(=O)N(CCC#N)CCC#N)nnc2-c2ccccc2Cl)cc1. The van der Waals surface area contributed by atoms with Gasteiger partial charge in [0, 0.05) is 24.3 Å². The van der Waals surface area contributed by atoms with E-state index in [0.29, 0.717) is 28.2 Å². The number of aromatic nitrogens is 3. The Kier molecular flexibility index (Phi) is 9.33. The molecule has 0 radical (unpaired) electrons. The van der Waals surface area contributed by atoms with E-state index in [4.69, 9.17) is 26.9 Å². The Hall–Kier alpha value is -3.53. The van der Waals surface area contributed by atoms with Crippen LogP contribution in [0.1, 0.15) is 19.8 Å². The molecule has 10 heteroatoms. The van der Waals surface area contributed by atoms with Crippen LogP contribution in [0.5, 0.6) is 5.75 Å². The molecule has 0 unspecified atom stereocenters. The second-order valence-electron chi connectivity index (χ2n) is 7.03. The highest BCUT2D eigenvalue weighted by molar-refractivity contribution is 7.99. The number of nitrogens with zero attached hydrogens (tertiary/aromatic N) is 6. The van der Waals surface area contributed by atoms with Crippen LogP contribution in [0.2, 0.25) is 5.02 Å². The van der Waals surface area contributed by atoms with Crippen molar-refractivity contribution in [2.24, 2.45) is 0 Å². The van der Waals surface area contributed by atoms with Crippen LogP contribution in [-0.2, 0) is 4.79 Å². The Morgan fingerprint density at radius 1 is 1.09 bits per heavy atom. The van der Waals surface area contributed by atoms with Crippen LogP contribution in [0.4, 0.5) is 0 Å². The fraction of sp³-hybridized carbons (Fsp3) is 0.292. The Bertz CT molecular complexity index is 1180. The van der Waals surface area contributed by atoms with E-state index in [0.717, 1.165) is 11.4 Å². The van der Waals surface area contributed by atoms with Crippen molar-refractivity contribution in [2.75, 3.05) is 25.4 Å². The first-order valence-electron chi connectivity index (χ1n) is 10.7. The predicted octanol–water partition coefficient (Wildman–Crippen LogP) is 4.73. The third-order valence-electron chi connectivity index (χ3n) is 4.82. The molecule has 8 nitrogen and oxygen atoms in total. The first-order chi connectivity index (χ1) is 16.6. The van der Waals surface area contributed by atoms with Crippen LogP contribution in [0.25, 0.3) is 17.1 Å². The minimum atomic E-state index is -0.170. The standard InChI is InChI=1S/C24H23ClN6O2S/c1-2-33-19-11-9-18(10-12-19)31-23(20-7-3-4-8-21(20)25)28-29-24(31)34-17-22(32)30(15-5-13-26)16-6-14-27/h3-4,7-12H,2,5-6,15-17H2,1H3. The quantitative estimate of drug-likeness (QED) is 0.354. The van der Waals surface area contributed by atoms with Crippen molar-refractivity contribution in [1.29, 1.82) is 10.5 Å². The summed E-state index contributed by atoms with van der Waals surface area (Å²) in [5.41, 5.74) is 1.51. The van der Waals surface area contributed by atoms with Gasteiger partial charge in [0.05, 0.1) is 42.4 Å². The van der Waals surface area contributed by atoms with Crippen LogP contribution in [-0.4, -0.2) is 51.0 Å². The lowest BCUT2D eigenvalue weighted by Crippen LogP contribution is -2.34. The summed E-state index contributed by atoms with van der Waals surface area (Å²) < 4.78 is 7.40. The molecule has 1 amide bonds. The Labute approximate surface area is 207 Å². The van der Waals surface area contributed by atoms with Gasteiger partial charge >= 0.3 is 0 Å². The molecular weight excluding hydrogens is 472 g/mol. The molecule has 0 fully saturated rings. The first-order valence-corrected chi connectivity index (χ1v) is 12.0. The molecule has 0 aliphatic rings. The van der Waals surface area contributed by atoms with E-state index >= 15 is 0 Å². The summed E-state index contributed by atoms with van der Waals surface area (Å²) in [6, 6.07) is 19.0. The Balaban J connectivity index is 1.91. The molecular formula is C24H23ClN6O2S. The summed E-state index contributed by atoms with van der Waals surface area (Å²) >= 11 is 7.68. The molecule has 1 aromatic heterocycles. The molecule has 3 rings (SSSR count). The van der Waals surface area contributed by atoms with Crippen LogP contribution >= 0.6 is 23.4 Å². The number of hydrogen-bond donors (Lipinski definition) is 0. The lowest BCUT2D eigenvalue weighted by molar-refractivity contribution is -0.128. The maximum Gasteiger partial charge on any atom is 0.233 e. The van der Waals surface area contributed by atoms with Crippen LogP contribution in [0, 0.1) is 22.7 Å². The fourth-order valence-corrected chi connectivity index (χ4v) is 4.29. The van der Waals surface area contributed by atoms with E-state index in [9.17, 15) is 4.79 Å². The zero-order chi connectivity index (χ0) is 24.3. The number of nitriles is 2. The minimum Gasteiger partial charge on any atom is -0.494 e. The number of thioether (sulfide) groups is 1. The molecule has 34 heavy (non-hydrogen) atoms. The van der Waals surface area contributed by atoms with Gasteiger partial charge < -0.3 is 9.64 Å². The van der Waals surface area contributed by atoms with Gasteiger partial charge in [0.1, 0.15) is 5.75 Å². The van der Waals surface area contributed by atoms with Gasteiger partial charge in [0.15, 0.2) is 11.0 Å². The van der Waals surface area contributed by atoms with E-state index in [1.165, 1.54) is 16.7 Å². The van der Waals surface area contributed by atoms with Crippen LogP contribution in [0.15, 0.2) is 53.7 Å². The average Bonchev–Trinajstić information content (AvgIpc) is 3.27. The molecule has 174 valence electrons. The van der Waals surface area contributed by atoms with Gasteiger partial charge in [-0.3, -0.25) is 9.36 Å². The van der Waals surface area contributed by atoms with Gasteiger partial charge in [-0.05, 0) is 43.3 Å². The topological polar surface area (TPSA) is 108 Å². The van der Waals surface area contributed by atoms with Gasteiger partial charge in [0.25, 0.3) is 0 Å². The van der Waals surface area contributed by atoms with Gasteiger partial charge in [-0.2, -0.15) is 10.5 Å². The van der Waals surface area contributed by atoms with Crippen LogP contribution in [0.3, 0.4) is 0 Å². The second-order valence-corrected chi connectivity index (χ2v) is 8.38. The number of hydrogen-bond acceptors (Lipinski definition) is 7. The summed E-state index contributed by atoms with van der Waals surface area (Å²) in [7, 11) is 0. The molecule has 0 spiro atoms. The first kappa shape index (κ1) is 25.1. The highest BCUT2D eigenvalue weighted by Gasteiger charge is 2.20. The normalized spacial score (nSPS) is 10.4. The largest absolute Gasteiger partial charge is 0.494 e. The molecule has 0 aliphatic carbocycles. The predicted molar refractivity (Wildman–Crippen MR) is 131 cm³/mol. The zero-order valence-electron chi connectivity index (χ0n) is 18.6. The Morgan fingerprint density at radius 2 is 1.76 bits per heavy atom. The third-order valence-corrected chi connectivity index (χ3v) is 6.06. The third kappa shape index (κ3) is 6.28. The minimum absolute atomic E-state index is 0.0918. The van der Waals surface area contributed by atoms with Gasteiger partial charge in [-0.25, -0.2) is 0 Å². The van der Waals surface area contributed by atoms with E-state index in [1.807, 2.05) is 66.1 Å². The van der Waals surface area contributed by atoms with Gasteiger partial charge in [-0.1, -0.05) is 35.5 Å². The van der Waals surface area contributed by atoms with Crippen LogP contribution < -0.4 is 4.74 Å². The number of carbonyl (C=O) groups excluding carboxylic acids is 1. The molecule has 0 saturated carbocycles. The molecule has 0 bridgehead atoms. The summed E-state index contributed by atoms with van der Waals surface area (Å²) in [6.07, 6.45) is 0.418. The lowest BCUT2D eigenvalue weighted by atomic mass is 10.2. The molecule has 0 atom stereocenters. The molecule has 2 aromatic carbocycles. The van der Waals surface area contributed by atoms with Crippen molar-refractivity contribution < 1.29 is 9.53 Å². The van der Waals surface area contributed by atoms with Crippen molar-refractivity contribution in [2.45, 2.75) is 24.9 Å². The highest BCUT2D eigenvalue weighted by Crippen LogP contribution is 2.32. The molecule has 1 heterocycles. The molecule has 3 aromatic rings. The van der Waals surface area contributed by atoms with Crippen molar-refractivity contribution in [3.63, 3.8) is 0 Å². The van der Waals surface area contributed by atoms with Crippen molar-refractivity contribution in [1.82, 2.24) is 19.7 Å². The summed E-state index contributed by atoms with van der Waals surface area (Å²) in [6.45, 7) is 3.06. The number of benzene rings is 2. The van der Waals surface area contributed by atoms with E-state index < -0.39 is 0 Å². The number of amides is 1. The summed E-state index contributed by atoms with van der Waals surface area (Å²) in [5.74, 6) is 1.22. The monoisotopic (exact) mass is 494 g/mol. The molecule has 0 aliphatic heterocycles. The highest BCUT2D eigenvalue weighted by atomic mass is 35.5. The summed E-state index contributed by atoms with van der Waals surface area (Å²) in [5, 5.41) is 27.5. The number of halogens is 1. The average molecular weight is 495 g/mol. The van der Waals surface area contributed by atoms with Crippen molar-refractivity contribution >= 4 is 29.3 Å². The summed E-state index contributed by atoms with van der Waals surface area (Å²) in [4.78, 5) is 14.3. The van der Waals surface area contributed by atoms with Crippen molar-refractivity contribution in [3.8, 4) is 35.0 Å². The maximum absolute atomic E-state index is 12.8. The lowest BCUT2D eigenvalue weighted by Gasteiger charge is -2.20. The Morgan fingerprint density at radius 3 is 2.38 bits per heavy atom. The number of rotatable bonds is 11. The smallest absolute Gasteiger partial charge is 0.233 e. The van der Waals surface area contributed by atoms with E-state index in [-0.39, 0.29) is 37.6 Å². The van der Waals surface area contributed by atoms with Crippen molar-refractivity contribution in [3.05, 3.63) is 53.6 Å². The fourth-order valence-electron chi connectivity index (χ4n) is 3.22. The number of ether oxygens (including phenoxy) is 1. The van der Waals surface area contributed by atoms with Gasteiger partial charge in [0.2, 0.25) is 5.91 Å². The van der Waals surface area contributed by atoms with Gasteiger partial charge in [-0.15, -0.1) is 10.2 Å². The van der Waals surface area contributed by atoms with E-state index in [2.05, 4.69) is 10.2 Å². The molecule has 0 N–H and O–H groups in total. The second kappa shape index (κ2) is 12.6.